The molecule has 0 aliphatic rings. The standard InChI is InChI=1S/C21H26N2O4S/c1-14(2)23-20(24)13-28-19-8-6-5-7-16(19)21(25)22-12-15-9-10-17(26-3)18(11-15)27-4/h5-11,14H,12-13H2,1-4H3,(H,22,25)(H,23,24). The molecule has 28 heavy (non-hydrogen) atoms. The maximum absolute atomic E-state index is 12.7. The monoisotopic (exact) mass is 402 g/mol. The molecule has 0 heterocycles. The van der Waals surface area contributed by atoms with Crippen molar-refractivity contribution in [2.45, 2.75) is 31.3 Å². The minimum atomic E-state index is -0.192. The molecule has 150 valence electrons. The van der Waals surface area contributed by atoms with Crippen molar-refractivity contribution >= 4 is 23.6 Å². The number of amides is 2. The van der Waals surface area contributed by atoms with Gasteiger partial charge < -0.3 is 20.1 Å². The second-order valence-electron chi connectivity index (χ2n) is 6.38. The van der Waals surface area contributed by atoms with E-state index in [4.69, 9.17) is 9.47 Å². The lowest BCUT2D eigenvalue weighted by molar-refractivity contribution is -0.119. The summed E-state index contributed by atoms with van der Waals surface area (Å²) in [5.41, 5.74) is 1.44. The van der Waals surface area contributed by atoms with Gasteiger partial charge in [0.1, 0.15) is 0 Å². The van der Waals surface area contributed by atoms with Crippen molar-refractivity contribution in [2.75, 3.05) is 20.0 Å². The summed E-state index contributed by atoms with van der Waals surface area (Å²) in [5.74, 6) is 1.26. The van der Waals surface area contributed by atoms with Crippen LogP contribution >= 0.6 is 11.8 Å². The summed E-state index contributed by atoms with van der Waals surface area (Å²) in [5, 5.41) is 5.76. The fraction of sp³-hybridized carbons (Fsp3) is 0.333. The van der Waals surface area contributed by atoms with Gasteiger partial charge in [0, 0.05) is 17.5 Å². The molecule has 0 bridgehead atoms. The van der Waals surface area contributed by atoms with Crippen molar-refractivity contribution in [2.24, 2.45) is 0 Å². The van der Waals surface area contributed by atoms with E-state index < -0.39 is 0 Å². The normalized spacial score (nSPS) is 10.5. The Morgan fingerprint density at radius 3 is 2.43 bits per heavy atom. The molecule has 0 radical (unpaired) electrons. The van der Waals surface area contributed by atoms with Crippen molar-refractivity contribution in [1.82, 2.24) is 10.6 Å². The molecule has 2 amide bonds. The van der Waals surface area contributed by atoms with Crippen LogP contribution in [0.3, 0.4) is 0 Å². The average Bonchev–Trinajstić information content (AvgIpc) is 2.69. The minimum absolute atomic E-state index is 0.0551. The highest BCUT2D eigenvalue weighted by Crippen LogP contribution is 2.27. The highest BCUT2D eigenvalue weighted by atomic mass is 32.2. The number of ether oxygens (including phenoxy) is 2. The van der Waals surface area contributed by atoms with Crippen LogP contribution in [-0.2, 0) is 11.3 Å². The summed E-state index contributed by atoms with van der Waals surface area (Å²) in [6.45, 7) is 4.18. The third-order valence-electron chi connectivity index (χ3n) is 3.84. The van der Waals surface area contributed by atoms with Gasteiger partial charge in [-0.25, -0.2) is 0 Å². The lowest BCUT2D eigenvalue weighted by Gasteiger charge is -2.12. The maximum Gasteiger partial charge on any atom is 0.252 e. The summed E-state index contributed by atoms with van der Waals surface area (Å²) in [6, 6.07) is 12.9. The van der Waals surface area contributed by atoms with Gasteiger partial charge in [-0.2, -0.15) is 0 Å². The zero-order chi connectivity index (χ0) is 20.5. The van der Waals surface area contributed by atoms with Gasteiger partial charge in [0.05, 0.1) is 25.5 Å². The first-order valence-corrected chi connectivity index (χ1v) is 9.93. The first-order chi connectivity index (χ1) is 13.4. The van der Waals surface area contributed by atoms with Gasteiger partial charge in [-0.3, -0.25) is 9.59 Å². The lowest BCUT2D eigenvalue weighted by atomic mass is 10.1. The van der Waals surface area contributed by atoms with E-state index in [2.05, 4.69) is 10.6 Å². The molecular formula is C21H26N2O4S. The van der Waals surface area contributed by atoms with E-state index in [1.54, 1.807) is 26.4 Å². The minimum Gasteiger partial charge on any atom is -0.493 e. The van der Waals surface area contributed by atoms with Gasteiger partial charge in [-0.15, -0.1) is 11.8 Å². The predicted molar refractivity (Wildman–Crippen MR) is 111 cm³/mol. The Morgan fingerprint density at radius 1 is 1.04 bits per heavy atom. The molecule has 2 N–H and O–H groups in total. The fourth-order valence-electron chi connectivity index (χ4n) is 2.56. The Labute approximate surface area is 170 Å². The van der Waals surface area contributed by atoms with Crippen LogP contribution in [0.4, 0.5) is 0 Å². The number of carbonyl (C=O) groups is 2. The molecule has 0 saturated heterocycles. The zero-order valence-corrected chi connectivity index (χ0v) is 17.4. The zero-order valence-electron chi connectivity index (χ0n) is 16.6. The van der Waals surface area contributed by atoms with Gasteiger partial charge in [0.2, 0.25) is 5.91 Å². The van der Waals surface area contributed by atoms with Gasteiger partial charge in [-0.05, 0) is 43.7 Å². The molecule has 2 aromatic rings. The molecule has 0 aliphatic carbocycles. The topological polar surface area (TPSA) is 76.7 Å². The highest BCUT2D eigenvalue weighted by molar-refractivity contribution is 8.00. The van der Waals surface area contributed by atoms with Crippen molar-refractivity contribution in [3.05, 3.63) is 53.6 Å². The molecule has 6 nitrogen and oxygen atoms in total. The molecule has 0 spiro atoms. The average molecular weight is 403 g/mol. The molecule has 0 atom stereocenters. The van der Waals surface area contributed by atoms with E-state index in [0.29, 0.717) is 23.6 Å². The second-order valence-corrected chi connectivity index (χ2v) is 7.40. The number of hydrogen-bond donors (Lipinski definition) is 2. The summed E-state index contributed by atoms with van der Waals surface area (Å²) in [7, 11) is 3.15. The first kappa shape index (κ1) is 21.6. The second kappa shape index (κ2) is 10.6. The van der Waals surface area contributed by atoms with Gasteiger partial charge >= 0.3 is 0 Å². The van der Waals surface area contributed by atoms with E-state index in [1.165, 1.54) is 11.8 Å². The SMILES string of the molecule is COc1ccc(CNC(=O)c2ccccc2SCC(=O)NC(C)C)cc1OC. The molecule has 0 aliphatic heterocycles. The third kappa shape index (κ3) is 6.20. The van der Waals surface area contributed by atoms with Crippen LogP contribution in [0.15, 0.2) is 47.4 Å². The first-order valence-electron chi connectivity index (χ1n) is 8.95. The molecule has 0 aromatic heterocycles. The fourth-order valence-corrected chi connectivity index (χ4v) is 3.42. The summed E-state index contributed by atoms with van der Waals surface area (Å²) >= 11 is 1.35. The van der Waals surface area contributed by atoms with Crippen molar-refractivity contribution in [3.63, 3.8) is 0 Å². The van der Waals surface area contributed by atoms with E-state index in [9.17, 15) is 9.59 Å². The molecule has 0 unspecified atom stereocenters. The van der Waals surface area contributed by atoms with E-state index in [0.717, 1.165) is 10.5 Å². The number of carbonyl (C=O) groups excluding carboxylic acids is 2. The van der Waals surface area contributed by atoms with E-state index in [1.807, 2.05) is 44.2 Å². The van der Waals surface area contributed by atoms with Crippen molar-refractivity contribution in [3.8, 4) is 11.5 Å². The molecule has 7 heteroatoms. The number of methoxy groups -OCH3 is 2. The quantitative estimate of drug-likeness (QED) is 0.630. The van der Waals surface area contributed by atoms with Crippen LogP contribution < -0.4 is 20.1 Å². The van der Waals surface area contributed by atoms with E-state index >= 15 is 0 Å². The van der Waals surface area contributed by atoms with Gasteiger partial charge in [0.15, 0.2) is 11.5 Å². The highest BCUT2D eigenvalue weighted by Gasteiger charge is 2.13. The number of benzene rings is 2. The number of nitrogens with one attached hydrogen (secondary N) is 2. The van der Waals surface area contributed by atoms with Crippen LogP contribution in [0, 0.1) is 0 Å². The Kier molecular flexibility index (Phi) is 8.19. The van der Waals surface area contributed by atoms with Crippen LogP contribution in [0.1, 0.15) is 29.8 Å². The molecule has 0 fully saturated rings. The van der Waals surface area contributed by atoms with Gasteiger partial charge in [0.25, 0.3) is 5.91 Å². The molecule has 2 aromatic carbocycles. The lowest BCUT2D eigenvalue weighted by Crippen LogP contribution is -2.31. The number of thioether (sulfide) groups is 1. The largest absolute Gasteiger partial charge is 0.493 e. The number of hydrogen-bond acceptors (Lipinski definition) is 5. The van der Waals surface area contributed by atoms with Crippen LogP contribution in [-0.4, -0.2) is 37.8 Å². The number of rotatable bonds is 9. The van der Waals surface area contributed by atoms with Crippen LogP contribution in [0.2, 0.25) is 0 Å². The Balaban J connectivity index is 2.02. The molecule has 2 rings (SSSR count). The Bertz CT molecular complexity index is 824. The van der Waals surface area contributed by atoms with E-state index in [-0.39, 0.29) is 23.6 Å². The van der Waals surface area contributed by atoms with Crippen LogP contribution in [0.25, 0.3) is 0 Å². The Hall–Kier alpha value is -2.67. The predicted octanol–water partition coefficient (Wildman–Crippen LogP) is 3.25. The third-order valence-corrected chi connectivity index (χ3v) is 4.91. The smallest absolute Gasteiger partial charge is 0.252 e. The summed E-state index contributed by atoms with van der Waals surface area (Å²) in [6.07, 6.45) is 0. The summed E-state index contributed by atoms with van der Waals surface area (Å²) < 4.78 is 10.5. The maximum atomic E-state index is 12.7. The van der Waals surface area contributed by atoms with Crippen molar-refractivity contribution < 1.29 is 19.1 Å². The van der Waals surface area contributed by atoms with Gasteiger partial charge in [-0.1, -0.05) is 18.2 Å². The summed E-state index contributed by atoms with van der Waals surface area (Å²) in [4.78, 5) is 25.3. The van der Waals surface area contributed by atoms with Crippen LogP contribution in [0.5, 0.6) is 11.5 Å². The molecular weight excluding hydrogens is 376 g/mol. The van der Waals surface area contributed by atoms with Crippen molar-refractivity contribution in [1.29, 1.82) is 0 Å². The molecule has 0 saturated carbocycles. The Morgan fingerprint density at radius 2 is 1.75 bits per heavy atom.